The SMILES string of the molecule is CCOC(=O)c1ccc(N2C(=O)c3n[nH]c(C)c3C2c2ccc(O)c(OC)c2)cc1. The second-order valence-electron chi connectivity index (χ2n) is 6.89. The van der Waals surface area contributed by atoms with E-state index >= 15 is 0 Å². The van der Waals surface area contributed by atoms with Crippen LogP contribution in [0.15, 0.2) is 42.5 Å². The highest BCUT2D eigenvalue weighted by atomic mass is 16.5. The number of carbonyl (C=O) groups excluding carboxylic acids is 2. The summed E-state index contributed by atoms with van der Waals surface area (Å²) >= 11 is 0. The van der Waals surface area contributed by atoms with E-state index in [1.807, 2.05) is 6.92 Å². The van der Waals surface area contributed by atoms with Crippen molar-refractivity contribution < 1.29 is 24.2 Å². The number of nitrogens with one attached hydrogen (secondary N) is 1. The quantitative estimate of drug-likeness (QED) is 0.629. The minimum Gasteiger partial charge on any atom is -0.504 e. The Bertz CT molecular complexity index is 1120. The predicted molar refractivity (Wildman–Crippen MR) is 109 cm³/mol. The van der Waals surface area contributed by atoms with Gasteiger partial charge in [0.2, 0.25) is 0 Å². The zero-order valence-electron chi connectivity index (χ0n) is 16.8. The average Bonchev–Trinajstić information content (AvgIpc) is 3.27. The fraction of sp³-hybridized carbons (Fsp3) is 0.227. The van der Waals surface area contributed by atoms with Gasteiger partial charge in [-0.25, -0.2) is 4.79 Å². The average molecular weight is 407 g/mol. The number of benzene rings is 2. The highest BCUT2D eigenvalue weighted by Gasteiger charge is 2.42. The van der Waals surface area contributed by atoms with E-state index < -0.39 is 12.0 Å². The maximum absolute atomic E-state index is 13.2. The van der Waals surface area contributed by atoms with Gasteiger partial charge in [-0.15, -0.1) is 0 Å². The van der Waals surface area contributed by atoms with Crippen LogP contribution >= 0.6 is 0 Å². The van der Waals surface area contributed by atoms with Crippen molar-refractivity contribution in [2.45, 2.75) is 19.9 Å². The number of aromatic hydroxyl groups is 1. The molecule has 0 saturated heterocycles. The molecule has 3 aromatic rings. The molecule has 1 aliphatic rings. The zero-order chi connectivity index (χ0) is 21.4. The van der Waals surface area contributed by atoms with Gasteiger partial charge in [-0.05, 0) is 55.8 Å². The van der Waals surface area contributed by atoms with Gasteiger partial charge in [0, 0.05) is 16.9 Å². The van der Waals surface area contributed by atoms with Gasteiger partial charge < -0.3 is 14.6 Å². The van der Waals surface area contributed by atoms with Crippen LogP contribution in [0.4, 0.5) is 5.69 Å². The zero-order valence-corrected chi connectivity index (χ0v) is 16.8. The molecule has 0 radical (unpaired) electrons. The second kappa shape index (κ2) is 7.55. The molecule has 8 heteroatoms. The molecule has 8 nitrogen and oxygen atoms in total. The van der Waals surface area contributed by atoms with Gasteiger partial charge in [0.05, 0.1) is 25.3 Å². The molecule has 0 bridgehead atoms. The summed E-state index contributed by atoms with van der Waals surface area (Å²) in [7, 11) is 1.47. The number of ether oxygens (including phenoxy) is 2. The van der Waals surface area contributed by atoms with Gasteiger partial charge in [0.15, 0.2) is 17.2 Å². The first-order chi connectivity index (χ1) is 14.5. The Balaban J connectivity index is 1.80. The molecule has 1 aromatic heterocycles. The van der Waals surface area contributed by atoms with Gasteiger partial charge in [-0.3, -0.25) is 14.8 Å². The number of phenols is 1. The molecule has 0 fully saturated rings. The molecular weight excluding hydrogens is 386 g/mol. The Kier molecular flexibility index (Phi) is 4.91. The Morgan fingerprint density at radius 3 is 2.63 bits per heavy atom. The smallest absolute Gasteiger partial charge is 0.338 e. The number of aromatic nitrogens is 2. The van der Waals surface area contributed by atoms with Gasteiger partial charge in [-0.2, -0.15) is 5.10 Å². The standard InChI is InChI=1S/C22H21N3O5/c1-4-30-22(28)13-5-8-15(9-6-13)25-20(14-7-10-16(26)17(11-14)29-3)18-12(2)23-24-19(18)21(25)27/h5-11,20,26H,4H2,1-3H3,(H,23,24). The summed E-state index contributed by atoms with van der Waals surface area (Å²) in [5, 5.41) is 17.0. The number of fused-ring (bicyclic) bond motifs is 1. The molecule has 0 spiro atoms. The number of aryl methyl sites for hydroxylation is 1. The van der Waals surface area contributed by atoms with Crippen LogP contribution in [0.2, 0.25) is 0 Å². The van der Waals surface area contributed by atoms with Crippen LogP contribution in [0.1, 0.15) is 50.6 Å². The number of aromatic amines is 1. The van der Waals surface area contributed by atoms with E-state index in [-0.39, 0.29) is 18.3 Å². The lowest BCUT2D eigenvalue weighted by Crippen LogP contribution is -2.29. The molecule has 30 heavy (non-hydrogen) atoms. The third-order valence-electron chi connectivity index (χ3n) is 5.12. The first kappa shape index (κ1) is 19.5. The van der Waals surface area contributed by atoms with E-state index in [0.29, 0.717) is 22.7 Å². The number of H-pyrrole nitrogens is 1. The van der Waals surface area contributed by atoms with E-state index in [4.69, 9.17) is 9.47 Å². The Morgan fingerprint density at radius 2 is 1.97 bits per heavy atom. The van der Waals surface area contributed by atoms with E-state index in [0.717, 1.165) is 16.8 Å². The molecule has 2 aromatic carbocycles. The first-order valence-corrected chi connectivity index (χ1v) is 9.48. The van der Waals surface area contributed by atoms with Crippen LogP contribution in [0.5, 0.6) is 11.5 Å². The second-order valence-corrected chi connectivity index (χ2v) is 6.89. The van der Waals surface area contributed by atoms with Gasteiger partial charge in [0.1, 0.15) is 0 Å². The number of anilines is 1. The lowest BCUT2D eigenvalue weighted by molar-refractivity contribution is 0.0526. The number of hydrogen-bond donors (Lipinski definition) is 2. The van der Waals surface area contributed by atoms with Crippen LogP contribution < -0.4 is 9.64 Å². The summed E-state index contributed by atoms with van der Waals surface area (Å²) in [4.78, 5) is 26.8. The highest BCUT2D eigenvalue weighted by molar-refractivity contribution is 6.10. The summed E-state index contributed by atoms with van der Waals surface area (Å²) < 4.78 is 10.3. The Labute approximate surface area is 173 Å². The minimum absolute atomic E-state index is 0.0139. The van der Waals surface area contributed by atoms with Crippen molar-refractivity contribution in [1.82, 2.24) is 10.2 Å². The van der Waals surface area contributed by atoms with Crippen molar-refractivity contribution in [2.24, 2.45) is 0 Å². The normalized spacial score (nSPS) is 15.2. The molecule has 1 atom stereocenters. The third kappa shape index (κ3) is 3.06. The monoisotopic (exact) mass is 407 g/mol. The maximum atomic E-state index is 13.2. The van der Waals surface area contributed by atoms with E-state index in [2.05, 4.69) is 10.2 Å². The van der Waals surface area contributed by atoms with Crippen LogP contribution in [0.3, 0.4) is 0 Å². The molecule has 4 rings (SSSR count). The number of esters is 1. The molecule has 1 aliphatic heterocycles. The Hall–Kier alpha value is -3.81. The molecule has 2 N–H and O–H groups in total. The first-order valence-electron chi connectivity index (χ1n) is 9.48. The van der Waals surface area contributed by atoms with Gasteiger partial charge in [-0.1, -0.05) is 6.07 Å². The molecule has 2 heterocycles. The summed E-state index contributed by atoms with van der Waals surface area (Å²) in [6.45, 7) is 3.89. The summed E-state index contributed by atoms with van der Waals surface area (Å²) in [6.07, 6.45) is 0. The van der Waals surface area contributed by atoms with E-state index in [1.54, 1.807) is 48.2 Å². The van der Waals surface area contributed by atoms with Crippen molar-refractivity contribution in [3.05, 3.63) is 70.5 Å². The van der Waals surface area contributed by atoms with Crippen molar-refractivity contribution in [2.75, 3.05) is 18.6 Å². The largest absolute Gasteiger partial charge is 0.504 e. The lowest BCUT2D eigenvalue weighted by atomic mass is 9.98. The summed E-state index contributed by atoms with van der Waals surface area (Å²) in [6, 6.07) is 11.2. The van der Waals surface area contributed by atoms with Crippen molar-refractivity contribution in [3.63, 3.8) is 0 Å². The van der Waals surface area contributed by atoms with Crippen LogP contribution in [-0.4, -0.2) is 40.9 Å². The van der Waals surface area contributed by atoms with E-state index in [9.17, 15) is 14.7 Å². The third-order valence-corrected chi connectivity index (χ3v) is 5.12. The molecule has 0 saturated carbocycles. The maximum Gasteiger partial charge on any atom is 0.338 e. The van der Waals surface area contributed by atoms with Crippen molar-refractivity contribution in [1.29, 1.82) is 0 Å². The topological polar surface area (TPSA) is 105 Å². The predicted octanol–water partition coefficient (Wildman–Crippen LogP) is 3.36. The lowest BCUT2D eigenvalue weighted by Gasteiger charge is -2.26. The molecule has 1 unspecified atom stereocenters. The number of rotatable bonds is 5. The summed E-state index contributed by atoms with van der Waals surface area (Å²) in [5.74, 6) is -0.344. The Morgan fingerprint density at radius 1 is 1.23 bits per heavy atom. The van der Waals surface area contributed by atoms with Crippen molar-refractivity contribution >= 4 is 17.6 Å². The van der Waals surface area contributed by atoms with E-state index in [1.165, 1.54) is 13.2 Å². The van der Waals surface area contributed by atoms with Gasteiger partial charge >= 0.3 is 5.97 Å². The molecule has 1 amide bonds. The number of nitrogens with zero attached hydrogens (tertiary/aromatic N) is 2. The molecule has 154 valence electrons. The minimum atomic E-state index is -0.464. The number of hydrogen-bond acceptors (Lipinski definition) is 6. The summed E-state index contributed by atoms with van der Waals surface area (Å²) in [5.41, 5.74) is 3.67. The molecular formula is C22H21N3O5. The van der Waals surface area contributed by atoms with Crippen molar-refractivity contribution in [3.8, 4) is 11.5 Å². The van der Waals surface area contributed by atoms with Crippen LogP contribution in [0.25, 0.3) is 0 Å². The number of carbonyl (C=O) groups is 2. The van der Waals surface area contributed by atoms with Crippen LogP contribution in [-0.2, 0) is 4.74 Å². The highest BCUT2D eigenvalue weighted by Crippen LogP contribution is 2.44. The van der Waals surface area contributed by atoms with Crippen LogP contribution in [0, 0.1) is 6.92 Å². The number of phenolic OH excluding ortho intramolecular Hbond substituents is 1. The fourth-order valence-electron chi connectivity index (χ4n) is 3.71. The number of amides is 1. The fourth-order valence-corrected chi connectivity index (χ4v) is 3.71. The number of methoxy groups -OCH3 is 1. The molecule has 0 aliphatic carbocycles. The van der Waals surface area contributed by atoms with Gasteiger partial charge in [0.25, 0.3) is 5.91 Å².